The van der Waals surface area contributed by atoms with Gasteiger partial charge in [-0.3, -0.25) is 14.3 Å². The van der Waals surface area contributed by atoms with Crippen molar-refractivity contribution >= 4 is 39.1 Å². The van der Waals surface area contributed by atoms with E-state index in [0.717, 1.165) is 32.1 Å². The zero-order valence-corrected chi connectivity index (χ0v) is 29.8. The van der Waals surface area contributed by atoms with Crippen LogP contribution in [0, 0.1) is 11.8 Å². The summed E-state index contributed by atoms with van der Waals surface area (Å²) in [6.45, 7) is 2.14. The zero-order valence-electron chi connectivity index (χ0n) is 28.2. The van der Waals surface area contributed by atoms with Crippen LogP contribution in [0.4, 0.5) is 5.69 Å². The molecule has 0 aromatic heterocycles. The van der Waals surface area contributed by atoms with E-state index in [1.54, 1.807) is 32.4 Å². The molecule has 2 bridgehead atoms. The fourth-order valence-electron chi connectivity index (χ4n) is 8.27. The van der Waals surface area contributed by atoms with Crippen LogP contribution < -0.4 is 14.4 Å². The number of ether oxygens (including phenoxy) is 2. The number of halogens is 1. The second kappa shape index (κ2) is 13.2. The standard InChI is InChI=1S/C37H46ClN3O7S/c1-40-17-4-3-7-32(47-2)29-13-8-25(29)21-41-22-36(16-5-6-24-18-27(38)10-14-30(24)36)23-48-33-15-9-26(19-31(33)41)37(44,20-34(40)42)35(43)39-49(45,46)28-11-12-28/h3,7,9-10,14-15,18-19,25,28-29,32,44H,4-6,8,11-13,16-17,20-23H2,1-2H3,(H,39,43)/b7-3+/t25-,29+,32-,36-,37+/m0/s1. The molecule has 2 amide bonds. The highest BCUT2D eigenvalue weighted by molar-refractivity contribution is 7.90. The van der Waals surface area contributed by atoms with Crippen molar-refractivity contribution in [3.05, 3.63) is 70.3 Å². The van der Waals surface area contributed by atoms with E-state index in [9.17, 15) is 23.1 Å². The van der Waals surface area contributed by atoms with Crippen LogP contribution in [0.2, 0.25) is 5.02 Å². The van der Waals surface area contributed by atoms with Crippen molar-refractivity contribution in [2.24, 2.45) is 11.8 Å². The number of anilines is 1. The number of nitrogens with zero attached hydrogens (tertiary/aromatic N) is 2. The molecule has 0 saturated heterocycles. The highest BCUT2D eigenvalue weighted by Crippen LogP contribution is 2.48. The van der Waals surface area contributed by atoms with E-state index in [1.807, 2.05) is 12.1 Å². The molecule has 49 heavy (non-hydrogen) atoms. The summed E-state index contributed by atoms with van der Waals surface area (Å²) in [6, 6.07) is 11.2. The van der Waals surface area contributed by atoms with Gasteiger partial charge in [0, 0.05) is 44.2 Å². The number of carbonyl (C=O) groups is 2. The number of hydrogen-bond donors (Lipinski definition) is 2. The van der Waals surface area contributed by atoms with Crippen molar-refractivity contribution in [2.75, 3.05) is 45.3 Å². The summed E-state index contributed by atoms with van der Waals surface area (Å²) in [7, 11) is -0.635. The molecule has 12 heteroatoms. The van der Waals surface area contributed by atoms with Gasteiger partial charge in [0.05, 0.1) is 30.1 Å². The van der Waals surface area contributed by atoms with Crippen molar-refractivity contribution in [1.29, 1.82) is 0 Å². The lowest BCUT2D eigenvalue weighted by molar-refractivity contribution is -0.148. The molecular formula is C37H46ClN3O7S. The summed E-state index contributed by atoms with van der Waals surface area (Å²) < 4.78 is 40.6. The predicted molar refractivity (Wildman–Crippen MR) is 187 cm³/mol. The number of carbonyl (C=O) groups excluding carboxylic acids is 2. The Labute approximate surface area is 293 Å². The van der Waals surface area contributed by atoms with E-state index in [0.29, 0.717) is 73.8 Å². The highest BCUT2D eigenvalue weighted by atomic mass is 35.5. The predicted octanol–water partition coefficient (Wildman–Crippen LogP) is 4.46. The van der Waals surface area contributed by atoms with Crippen molar-refractivity contribution in [1.82, 2.24) is 9.62 Å². The van der Waals surface area contributed by atoms with Gasteiger partial charge in [-0.15, -0.1) is 0 Å². The minimum absolute atomic E-state index is 0.0598. The van der Waals surface area contributed by atoms with Crippen LogP contribution >= 0.6 is 11.6 Å². The van der Waals surface area contributed by atoms with Crippen molar-refractivity contribution in [3.8, 4) is 5.75 Å². The number of rotatable bonds is 4. The maximum Gasteiger partial charge on any atom is 0.270 e. The van der Waals surface area contributed by atoms with Gasteiger partial charge in [0.2, 0.25) is 15.9 Å². The lowest BCUT2D eigenvalue weighted by Gasteiger charge is -2.46. The van der Waals surface area contributed by atoms with Gasteiger partial charge in [0.25, 0.3) is 5.91 Å². The smallest absolute Gasteiger partial charge is 0.270 e. The summed E-state index contributed by atoms with van der Waals surface area (Å²) in [6.07, 6.45) is 9.81. The third kappa shape index (κ3) is 6.59. The van der Waals surface area contributed by atoms with Gasteiger partial charge < -0.3 is 24.4 Å². The first kappa shape index (κ1) is 34.3. The molecule has 7 rings (SSSR count). The lowest BCUT2D eigenvalue weighted by Crippen LogP contribution is -2.50. The van der Waals surface area contributed by atoms with Gasteiger partial charge >= 0.3 is 0 Å². The number of hydrogen-bond acceptors (Lipinski definition) is 8. The van der Waals surface area contributed by atoms with Crippen LogP contribution in [0.15, 0.2) is 48.6 Å². The molecule has 2 saturated carbocycles. The summed E-state index contributed by atoms with van der Waals surface area (Å²) in [5.74, 6) is -0.382. The Morgan fingerprint density at radius 1 is 1.14 bits per heavy atom. The largest absolute Gasteiger partial charge is 0.490 e. The van der Waals surface area contributed by atoms with Gasteiger partial charge in [-0.1, -0.05) is 35.9 Å². The van der Waals surface area contributed by atoms with Crippen molar-refractivity contribution in [3.63, 3.8) is 0 Å². The Hall–Kier alpha value is -3.12. The minimum atomic E-state index is -4.00. The number of benzene rings is 2. The number of aryl methyl sites for hydroxylation is 1. The molecule has 10 nitrogen and oxygen atoms in total. The third-order valence-corrected chi connectivity index (χ3v) is 13.6. The first-order valence-corrected chi connectivity index (χ1v) is 19.4. The van der Waals surface area contributed by atoms with Crippen LogP contribution in [0.1, 0.15) is 68.1 Å². The molecule has 2 N–H and O–H groups in total. The molecule has 2 heterocycles. The molecule has 2 aromatic carbocycles. The fourth-order valence-corrected chi connectivity index (χ4v) is 9.82. The van der Waals surface area contributed by atoms with Crippen LogP contribution in [0.3, 0.4) is 0 Å². The Morgan fingerprint density at radius 3 is 2.69 bits per heavy atom. The average molecular weight is 712 g/mol. The van der Waals surface area contributed by atoms with E-state index in [4.69, 9.17) is 21.1 Å². The van der Waals surface area contributed by atoms with E-state index >= 15 is 0 Å². The third-order valence-electron chi connectivity index (χ3n) is 11.5. The summed E-state index contributed by atoms with van der Waals surface area (Å²) in [5.41, 5.74) is 0.515. The molecular weight excluding hydrogens is 666 g/mol. The number of aliphatic hydroxyl groups is 1. The van der Waals surface area contributed by atoms with Crippen molar-refractivity contribution < 1.29 is 32.6 Å². The molecule has 0 radical (unpaired) electrons. The second-order valence-corrected chi connectivity index (χ2v) is 17.1. The minimum Gasteiger partial charge on any atom is -0.490 e. The van der Waals surface area contributed by atoms with Gasteiger partial charge in [0.15, 0.2) is 5.60 Å². The van der Waals surface area contributed by atoms with E-state index in [1.165, 1.54) is 16.0 Å². The molecule has 5 atom stereocenters. The normalized spacial score (nSPS) is 31.1. The Bertz CT molecular complexity index is 1760. The van der Waals surface area contributed by atoms with E-state index < -0.39 is 39.1 Å². The summed E-state index contributed by atoms with van der Waals surface area (Å²) in [4.78, 5) is 31.3. The maximum absolute atomic E-state index is 13.9. The van der Waals surface area contributed by atoms with Gasteiger partial charge in [-0.2, -0.15) is 0 Å². The zero-order chi connectivity index (χ0) is 34.6. The van der Waals surface area contributed by atoms with Gasteiger partial charge in [-0.05, 0) is 104 Å². The molecule has 3 aliphatic carbocycles. The summed E-state index contributed by atoms with van der Waals surface area (Å²) >= 11 is 6.44. The number of methoxy groups -OCH3 is 1. The van der Waals surface area contributed by atoms with E-state index in [-0.39, 0.29) is 17.1 Å². The number of nitrogens with one attached hydrogen (secondary N) is 1. The fraction of sp³-hybridized carbons (Fsp3) is 0.568. The number of sulfonamides is 1. The molecule has 5 aliphatic rings. The monoisotopic (exact) mass is 711 g/mol. The number of amides is 2. The topological polar surface area (TPSA) is 125 Å². The average Bonchev–Trinajstić information content (AvgIpc) is 3.93. The molecule has 0 unspecified atom stereocenters. The van der Waals surface area contributed by atoms with Crippen molar-refractivity contribution in [2.45, 2.75) is 80.2 Å². The highest BCUT2D eigenvalue weighted by Gasteiger charge is 2.48. The molecule has 2 aliphatic heterocycles. The number of fused-ring (bicyclic) bond motifs is 4. The maximum atomic E-state index is 13.9. The molecule has 264 valence electrons. The van der Waals surface area contributed by atoms with Gasteiger partial charge in [0.1, 0.15) is 5.75 Å². The first-order valence-electron chi connectivity index (χ1n) is 17.5. The SMILES string of the molecule is CO[C@H]1/C=C/CCN(C)C(=O)C[C@](O)(C(=O)NS(=O)(=O)C2CC2)c2ccc3c(c2)N(C[C@@H]2CC[C@H]21)C[C@@]1(CCCc2cc(Cl)ccc21)CO3. The quantitative estimate of drug-likeness (QED) is 0.446. The van der Waals surface area contributed by atoms with Gasteiger partial charge in [-0.25, -0.2) is 8.42 Å². The molecule has 1 spiro atoms. The Balaban J connectivity index is 1.34. The van der Waals surface area contributed by atoms with E-state index in [2.05, 4.69) is 27.8 Å². The Morgan fingerprint density at radius 2 is 1.96 bits per heavy atom. The lowest BCUT2D eigenvalue weighted by atomic mass is 9.68. The summed E-state index contributed by atoms with van der Waals surface area (Å²) in [5, 5.41) is 12.3. The second-order valence-electron chi connectivity index (χ2n) is 14.7. The first-order chi connectivity index (χ1) is 23.4. The Kier molecular flexibility index (Phi) is 9.26. The van der Waals surface area contributed by atoms with Crippen LogP contribution in [-0.2, 0) is 41.8 Å². The molecule has 2 fully saturated rings. The van der Waals surface area contributed by atoms with Crippen LogP contribution in [0.25, 0.3) is 0 Å². The van der Waals surface area contributed by atoms with Crippen LogP contribution in [0.5, 0.6) is 5.75 Å². The molecule has 2 aromatic rings. The van der Waals surface area contributed by atoms with Crippen LogP contribution in [-0.4, -0.2) is 82.0 Å².